The molecule has 2 rings (SSSR count). The van der Waals surface area contributed by atoms with Crippen molar-refractivity contribution in [1.29, 1.82) is 0 Å². The Kier molecular flexibility index (Phi) is 4.33. The van der Waals surface area contributed by atoms with Crippen LogP contribution in [0.25, 0.3) is 0 Å². The quantitative estimate of drug-likeness (QED) is 0.804. The van der Waals surface area contributed by atoms with Gasteiger partial charge in [0, 0.05) is 19.7 Å². The van der Waals surface area contributed by atoms with Gasteiger partial charge in [0.15, 0.2) is 0 Å². The van der Waals surface area contributed by atoms with Crippen molar-refractivity contribution in [2.24, 2.45) is 0 Å². The number of carboxylic acid groups (broad SMARTS) is 1. The lowest BCUT2D eigenvalue weighted by molar-refractivity contribution is -0.138. The Labute approximate surface area is 107 Å². The van der Waals surface area contributed by atoms with Gasteiger partial charge in [-0.3, -0.25) is 4.79 Å². The molecule has 0 saturated heterocycles. The highest BCUT2D eigenvalue weighted by molar-refractivity contribution is 5.76. The Morgan fingerprint density at radius 1 is 1.44 bits per heavy atom. The third-order valence-electron chi connectivity index (χ3n) is 3.54. The van der Waals surface area contributed by atoms with Gasteiger partial charge in [-0.2, -0.15) is 0 Å². The third-order valence-corrected chi connectivity index (χ3v) is 3.54. The highest BCUT2D eigenvalue weighted by Crippen LogP contribution is 2.23. The van der Waals surface area contributed by atoms with E-state index in [4.69, 9.17) is 4.74 Å². The first-order chi connectivity index (χ1) is 8.70. The molecule has 1 saturated carbocycles. The van der Waals surface area contributed by atoms with Gasteiger partial charge in [0.1, 0.15) is 0 Å². The minimum Gasteiger partial charge on any atom is -0.481 e. The van der Waals surface area contributed by atoms with Crippen LogP contribution in [-0.2, 0) is 9.53 Å². The van der Waals surface area contributed by atoms with Gasteiger partial charge in [-0.25, -0.2) is 0 Å². The van der Waals surface area contributed by atoms with Crippen molar-refractivity contribution in [3.63, 3.8) is 0 Å². The van der Waals surface area contributed by atoms with Crippen LogP contribution in [0, 0.1) is 0 Å². The zero-order chi connectivity index (χ0) is 13.0. The van der Waals surface area contributed by atoms with E-state index in [-0.39, 0.29) is 0 Å². The zero-order valence-electron chi connectivity index (χ0n) is 10.5. The summed E-state index contributed by atoms with van der Waals surface area (Å²) in [4.78, 5) is 11.3. The summed E-state index contributed by atoms with van der Waals surface area (Å²) >= 11 is 0. The lowest BCUT2D eigenvalue weighted by Gasteiger charge is -2.35. The van der Waals surface area contributed by atoms with Crippen LogP contribution in [0.5, 0.6) is 0 Å². The number of carbonyl (C=O) groups is 1. The number of aliphatic carboxylic acids is 1. The van der Waals surface area contributed by atoms with Gasteiger partial charge in [-0.15, -0.1) is 0 Å². The molecule has 1 atom stereocenters. The molecule has 0 bridgehead atoms. The number of hydrogen-bond donors (Lipinski definition) is 2. The summed E-state index contributed by atoms with van der Waals surface area (Å²) < 4.78 is 5.20. The van der Waals surface area contributed by atoms with E-state index in [0.29, 0.717) is 18.7 Å². The average molecular weight is 249 g/mol. The molecule has 0 aliphatic heterocycles. The van der Waals surface area contributed by atoms with Crippen molar-refractivity contribution in [1.82, 2.24) is 5.32 Å². The molecule has 1 fully saturated rings. The molecule has 4 heteroatoms. The van der Waals surface area contributed by atoms with Crippen LogP contribution in [0.2, 0.25) is 0 Å². The summed E-state index contributed by atoms with van der Waals surface area (Å²) in [5.74, 6) is -1.26. The van der Waals surface area contributed by atoms with Gasteiger partial charge in [0.2, 0.25) is 0 Å². The van der Waals surface area contributed by atoms with Crippen LogP contribution in [-0.4, -0.2) is 36.9 Å². The van der Waals surface area contributed by atoms with E-state index in [1.54, 1.807) is 7.11 Å². The maximum atomic E-state index is 11.3. The molecule has 98 valence electrons. The molecule has 4 nitrogen and oxygen atoms in total. The number of hydrogen-bond acceptors (Lipinski definition) is 3. The van der Waals surface area contributed by atoms with Crippen LogP contribution >= 0.6 is 0 Å². The molecule has 2 N–H and O–H groups in total. The topological polar surface area (TPSA) is 58.6 Å². The van der Waals surface area contributed by atoms with Crippen molar-refractivity contribution in [3.8, 4) is 0 Å². The first kappa shape index (κ1) is 13.1. The van der Waals surface area contributed by atoms with Crippen molar-refractivity contribution >= 4 is 5.97 Å². The Balaban J connectivity index is 1.87. The molecular weight excluding hydrogens is 230 g/mol. The molecule has 0 heterocycles. The number of ether oxygens (including phenoxy) is 1. The van der Waals surface area contributed by atoms with Gasteiger partial charge < -0.3 is 15.2 Å². The second-order valence-electron chi connectivity index (χ2n) is 4.74. The summed E-state index contributed by atoms with van der Waals surface area (Å²) in [6.07, 6.45) is 2.28. The number of benzene rings is 1. The zero-order valence-corrected chi connectivity index (χ0v) is 10.5. The summed E-state index contributed by atoms with van der Waals surface area (Å²) in [6.45, 7) is 0.473. The van der Waals surface area contributed by atoms with Crippen LogP contribution in [0.1, 0.15) is 24.3 Å². The van der Waals surface area contributed by atoms with E-state index in [1.807, 2.05) is 30.3 Å². The fourth-order valence-electron chi connectivity index (χ4n) is 2.24. The fraction of sp³-hybridized carbons (Fsp3) is 0.500. The van der Waals surface area contributed by atoms with Crippen molar-refractivity contribution in [2.75, 3.05) is 13.7 Å². The maximum absolute atomic E-state index is 11.3. The minimum atomic E-state index is -0.781. The summed E-state index contributed by atoms with van der Waals surface area (Å²) in [5.41, 5.74) is 0.847. The molecule has 0 radical (unpaired) electrons. The Morgan fingerprint density at radius 2 is 2.11 bits per heavy atom. The number of carboxylic acids is 1. The van der Waals surface area contributed by atoms with Gasteiger partial charge in [-0.05, 0) is 18.4 Å². The second-order valence-corrected chi connectivity index (χ2v) is 4.74. The van der Waals surface area contributed by atoms with Crippen molar-refractivity contribution < 1.29 is 14.6 Å². The number of nitrogens with one attached hydrogen (secondary N) is 1. The first-order valence-electron chi connectivity index (χ1n) is 6.24. The lowest BCUT2D eigenvalue weighted by atomic mass is 9.88. The molecule has 1 aromatic rings. The summed E-state index contributed by atoms with van der Waals surface area (Å²) in [5, 5.41) is 12.6. The predicted octanol–water partition coefficient (Wildman–Crippen LogP) is 1.62. The molecule has 18 heavy (non-hydrogen) atoms. The molecular formula is C14H19NO3. The first-order valence-corrected chi connectivity index (χ1v) is 6.24. The van der Waals surface area contributed by atoms with Crippen LogP contribution in [0.4, 0.5) is 0 Å². The van der Waals surface area contributed by atoms with Crippen LogP contribution in [0.15, 0.2) is 30.3 Å². The highest BCUT2D eigenvalue weighted by Gasteiger charge is 2.30. The molecule has 1 aromatic carbocycles. The molecule has 1 unspecified atom stereocenters. The van der Waals surface area contributed by atoms with E-state index in [0.717, 1.165) is 18.4 Å². The van der Waals surface area contributed by atoms with Crippen molar-refractivity contribution in [3.05, 3.63) is 35.9 Å². The monoisotopic (exact) mass is 249 g/mol. The number of methoxy groups -OCH3 is 1. The largest absolute Gasteiger partial charge is 0.481 e. The Bertz CT molecular complexity index is 387. The summed E-state index contributed by atoms with van der Waals surface area (Å²) in [6, 6.07) is 9.75. The molecule has 1 aliphatic carbocycles. The maximum Gasteiger partial charge on any atom is 0.312 e. The molecule has 0 aromatic heterocycles. The smallest absolute Gasteiger partial charge is 0.312 e. The third kappa shape index (κ3) is 3.09. The van der Waals surface area contributed by atoms with Gasteiger partial charge >= 0.3 is 5.97 Å². The molecule has 0 spiro atoms. The van der Waals surface area contributed by atoms with Crippen molar-refractivity contribution in [2.45, 2.75) is 30.9 Å². The Morgan fingerprint density at radius 3 is 2.67 bits per heavy atom. The molecule has 0 amide bonds. The SMILES string of the molecule is COC1CC(NCC(C(=O)O)c2ccccc2)C1. The van der Waals surface area contributed by atoms with Gasteiger partial charge in [0.25, 0.3) is 0 Å². The minimum absolute atomic E-state index is 0.336. The van der Waals surface area contributed by atoms with E-state index < -0.39 is 11.9 Å². The highest BCUT2D eigenvalue weighted by atomic mass is 16.5. The average Bonchev–Trinajstić information content (AvgIpc) is 2.32. The number of rotatable bonds is 6. The lowest BCUT2D eigenvalue weighted by Crippen LogP contribution is -2.46. The fourth-order valence-corrected chi connectivity index (χ4v) is 2.24. The second kappa shape index (κ2) is 5.98. The van der Waals surface area contributed by atoms with Crippen LogP contribution < -0.4 is 5.32 Å². The van der Waals surface area contributed by atoms with E-state index in [9.17, 15) is 9.90 Å². The van der Waals surface area contributed by atoms with E-state index >= 15 is 0 Å². The van der Waals surface area contributed by atoms with Gasteiger partial charge in [-0.1, -0.05) is 30.3 Å². The summed E-state index contributed by atoms with van der Waals surface area (Å²) in [7, 11) is 1.71. The molecule has 1 aliphatic rings. The predicted molar refractivity (Wildman–Crippen MR) is 68.6 cm³/mol. The van der Waals surface area contributed by atoms with Crippen LogP contribution in [0.3, 0.4) is 0 Å². The Hall–Kier alpha value is -1.39. The van der Waals surface area contributed by atoms with Gasteiger partial charge in [0.05, 0.1) is 12.0 Å². The normalized spacial score (nSPS) is 24.3. The standard InChI is InChI=1S/C14H19NO3/c1-18-12-7-11(8-12)15-9-13(14(16)17)10-5-3-2-4-6-10/h2-6,11-13,15H,7-9H2,1H3,(H,16,17). The van der Waals surface area contributed by atoms with E-state index in [1.165, 1.54) is 0 Å². The van der Waals surface area contributed by atoms with E-state index in [2.05, 4.69) is 5.32 Å².